The lowest BCUT2D eigenvalue weighted by molar-refractivity contribution is 0.0649. The maximum absolute atomic E-state index is 13.7. The Morgan fingerprint density at radius 2 is 1.89 bits per heavy atom. The molecule has 1 aromatic carbocycles. The molecule has 0 spiro atoms. The summed E-state index contributed by atoms with van der Waals surface area (Å²) < 4.78 is 28.8. The lowest BCUT2D eigenvalue weighted by Gasteiger charge is -2.33. The van der Waals surface area contributed by atoms with Gasteiger partial charge in [-0.2, -0.15) is 5.10 Å². The fourth-order valence-electron chi connectivity index (χ4n) is 3.97. The van der Waals surface area contributed by atoms with Crippen LogP contribution in [0.2, 0.25) is 0 Å². The van der Waals surface area contributed by atoms with Crippen molar-refractivity contribution in [3.63, 3.8) is 0 Å². The van der Waals surface area contributed by atoms with Gasteiger partial charge in [-0.25, -0.2) is 13.5 Å². The van der Waals surface area contributed by atoms with Gasteiger partial charge in [0.05, 0.1) is 12.2 Å². The largest absolute Gasteiger partial charge is 0.363 e. The Hall–Kier alpha value is -2.44. The molecule has 27 heavy (non-hydrogen) atoms. The zero-order valence-electron chi connectivity index (χ0n) is 15.4. The number of nitrogens with zero attached hydrogens (tertiary/aromatic N) is 3. The van der Waals surface area contributed by atoms with Crippen molar-refractivity contribution in [3.8, 4) is 0 Å². The van der Waals surface area contributed by atoms with E-state index >= 15 is 0 Å². The molecule has 1 amide bonds. The lowest BCUT2D eigenvalue weighted by Crippen LogP contribution is -2.37. The molecular weight excluding hydrogens is 350 g/mol. The molecule has 1 aromatic heterocycles. The molecule has 2 aliphatic rings. The Labute approximate surface area is 157 Å². The van der Waals surface area contributed by atoms with Crippen molar-refractivity contribution >= 4 is 11.7 Å². The van der Waals surface area contributed by atoms with Gasteiger partial charge in [0.2, 0.25) is 0 Å². The number of halogens is 2. The smallest absolute Gasteiger partial charge is 0.260 e. The van der Waals surface area contributed by atoms with Crippen LogP contribution in [0.25, 0.3) is 0 Å². The van der Waals surface area contributed by atoms with Crippen molar-refractivity contribution in [3.05, 3.63) is 47.2 Å². The number of nitrogens with one attached hydrogen (secondary N) is 1. The third-order valence-corrected chi connectivity index (χ3v) is 5.54. The van der Waals surface area contributed by atoms with E-state index in [-0.39, 0.29) is 18.4 Å². The standard InChI is InChI=1S/C20H24F2N4O/c1-13-5-7-14(8-6-13)16-11-17(18(21)22)26-19(24-16)15(12-23-26)20(27)25-9-3-2-4-10-25/h5-8,12,16-18,24H,2-4,9-11H2,1H3/t16-,17-/m0/s1. The number of hydrogen-bond acceptors (Lipinski definition) is 3. The summed E-state index contributed by atoms with van der Waals surface area (Å²) in [6.07, 6.45) is 2.20. The van der Waals surface area contributed by atoms with Gasteiger partial charge in [-0.05, 0) is 38.2 Å². The first-order chi connectivity index (χ1) is 13.0. The number of likely N-dealkylation sites (tertiary alicyclic amines) is 1. The molecule has 0 radical (unpaired) electrons. The summed E-state index contributed by atoms with van der Waals surface area (Å²) in [5, 5.41) is 7.45. The van der Waals surface area contributed by atoms with E-state index < -0.39 is 12.5 Å². The molecule has 1 saturated heterocycles. The highest BCUT2D eigenvalue weighted by Crippen LogP contribution is 2.39. The first kappa shape index (κ1) is 17.9. The second-order valence-electron chi connectivity index (χ2n) is 7.45. The summed E-state index contributed by atoms with van der Waals surface area (Å²) in [5.74, 6) is 0.286. The van der Waals surface area contributed by atoms with Crippen LogP contribution in [0.15, 0.2) is 30.5 Å². The van der Waals surface area contributed by atoms with Gasteiger partial charge in [-0.3, -0.25) is 4.79 Å². The molecule has 4 rings (SSSR count). The van der Waals surface area contributed by atoms with E-state index in [4.69, 9.17) is 0 Å². The van der Waals surface area contributed by atoms with Crippen LogP contribution in [0, 0.1) is 6.92 Å². The Balaban J connectivity index is 1.67. The number of amides is 1. The molecule has 7 heteroatoms. The summed E-state index contributed by atoms with van der Waals surface area (Å²) >= 11 is 0. The molecule has 144 valence electrons. The average molecular weight is 374 g/mol. The zero-order chi connectivity index (χ0) is 19.0. The molecule has 0 aliphatic carbocycles. The molecule has 5 nitrogen and oxygen atoms in total. The van der Waals surface area contributed by atoms with Crippen LogP contribution in [0.4, 0.5) is 14.6 Å². The van der Waals surface area contributed by atoms with E-state index in [1.807, 2.05) is 31.2 Å². The SMILES string of the molecule is Cc1ccc([C@@H]2C[C@@H](C(F)F)n3ncc(C(=O)N4CCCCC4)c3N2)cc1. The number of rotatable bonds is 3. The summed E-state index contributed by atoms with van der Waals surface area (Å²) in [5.41, 5.74) is 2.44. The highest BCUT2D eigenvalue weighted by atomic mass is 19.3. The number of fused-ring (bicyclic) bond motifs is 1. The van der Waals surface area contributed by atoms with Crippen LogP contribution in [-0.2, 0) is 0 Å². The average Bonchev–Trinajstić information content (AvgIpc) is 3.11. The first-order valence-corrected chi connectivity index (χ1v) is 9.52. The monoisotopic (exact) mass is 374 g/mol. The maximum Gasteiger partial charge on any atom is 0.260 e. The van der Waals surface area contributed by atoms with Crippen LogP contribution >= 0.6 is 0 Å². The number of alkyl halides is 2. The summed E-state index contributed by atoms with van der Waals surface area (Å²) in [6.45, 7) is 3.41. The number of hydrogen-bond donors (Lipinski definition) is 1. The van der Waals surface area contributed by atoms with E-state index in [1.54, 1.807) is 4.90 Å². The number of piperidine rings is 1. The Bertz CT molecular complexity index is 812. The van der Waals surface area contributed by atoms with Crippen LogP contribution in [-0.4, -0.2) is 40.1 Å². The van der Waals surface area contributed by atoms with Crippen LogP contribution in [0.3, 0.4) is 0 Å². The number of carbonyl (C=O) groups is 1. The normalized spacial score (nSPS) is 22.4. The molecule has 1 N–H and O–H groups in total. The molecule has 3 heterocycles. The second kappa shape index (κ2) is 7.29. The quantitative estimate of drug-likeness (QED) is 0.877. The summed E-state index contributed by atoms with van der Waals surface area (Å²) in [6, 6.07) is 6.53. The minimum atomic E-state index is -2.54. The molecule has 0 saturated carbocycles. The number of carbonyl (C=O) groups excluding carboxylic acids is 1. The van der Waals surface area contributed by atoms with Gasteiger partial charge in [0.25, 0.3) is 12.3 Å². The van der Waals surface area contributed by atoms with Gasteiger partial charge < -0.3 is 10.2 Å². The van der Waals surface area contributed by atoms with Crippen molar-refractivity contribution < 1.29 is 13.6 Å². The number of aromatic nitrogens is 2. The zero-order valence-corrected chi connectivity index (χ0v) is 15.4. The molecule has 2 aromatic rings. The van der Waals surface area contributed by atoms with E-state index in [2.05, 4.69) is 10.4 Å². The summed E-state index contributed by atoms with van der Waals surface area (Å²) in [7, 11) is 0. The first-order valence-electron chi connectivity index (χ1n) is 9.52. The van der Waals surface area contributed by atoms with Gasteiger partial charge >= 0.3 is 0 Å². The van der Waals surface area contributed by atoms with Crippen molar-refractivity contribution in [2.45, 2.75) is 51.1 Å². The lowest BCUT2D eigenvalue weighted by atomic mass is 9.96. The van der Waals surface area contributed by atoms with Crippen LogP contribution in [0.5, 0.6) is 0 Å². The van der Waals surface area contributed by atoms with Crippen molar-refractivity contribution in [1.29, 1.82) is 0 Å². The predicted octanol–water partition coefficient (Wildman–Crippen LogP) is 4.18. The number of anilines is 1. The van der Waals surface area contributed by atoms with Gasteiger partial charge in [0.15, 0.2) is 0 Å². The molecule has 2 aliphatic heterocycles. The molecule has 0 bridgehead atoms. The van der Waals surface area contributed by atoms with Gasteiger partial charge in [0.1, 0.15) is 17.4 Å². The van der Waals surface area contributed by atoms with E-state index in [1.165, 1.54) is 10.9 Å². The highest BCUT2D eigenvalue weighted by molar-refractivity contribution is 5.99. The number of aryl methyl sites for hydroxylation is 1. The maximum atomic E-state index is 13.7. The van der Waals surface area contributed by atoms with Crippen LogP contribution < -0.4 is 5.32 Å². The Kier molecular flexibility index (Phi) is 4.85. The molecule has 0 unspecified atom stereocenters. The van der Waals surface area contributed by atoms with Gasteiger partial charge in [-0.15, -0.1) is 0 Å². The van der Waals surface area contributed by atoms with Gasteiger partial charge in [0, 0.05) is 13.1 Å². The minimum absolute atomic E-state index is 0.124. The highest BCUT2D eigenvalue weighted by Gasteiger charge is 2.37. The minimum Gasteiger partial charge on any atom is -0.363 e. The van der Waals surface area contributed by atoms with Crippen molar-refractivity contribution in [2.24, 2.45) is 0 Å². The van der Waals surface area contributed by atoms with Gasteiger partial charge in [-0.1, -0.05) is 29.8 Å². The van der Waals surface area contributed by atoms with E-state index in [9.17, 15) is 13.6 Å². The van der Waals surface area contributed by atoms with Crippen LogP contribution in [0.1, 0.15) is 59.3 Å². The van der Waals surface area contributed by atoms with Crippen molar-refractivity contribution in [2.75, 3.05) is 18.4 Å². The predicted molar refractivity (Wildman–Crippen MR) is 99.2 cm³/mol. The molecular formula is C20H24F2N4O. The Morgan fingerprint density at radius 3 is 2.56 bits per heavy atom. The molecule has 1 fully saturated rings. The van der Waals surface area contributed by atoms with Crippen molar-refractivity contribution in [1.82, 2.24) is 14.7 Å². The second-order valence-corrected chi connectivity index (χ2v) is 7.45. The topological polar surface area (TPSA) is 50.2 Å². The third kappa shape index (κ3) is 3.42. The fourth-order valence-corrected chi connectivity index (χ4v) is 3.97. The van der Waals surface area contributed by atoms with E-state index in [0.717, 1.165) is 30.4 Å². The fraction of sp³-hybridized carbons (Fsp3) is 0.500. The Morgan fingerprint density at radius 1 is 1.19 bits per heavy atom. The van der Waals surface area contributed by atoms with E-state index in [0.29, 0.717) is 24.5 Å². The number of benzene rings is 1. The molecule has 2 atom stereocenters. The summed E-state index contributed by atoms with van der Waals surface area (Å²) in [4.78, 5) is 14.7. The third-order valence-electron chi connectivity index (χ3n) is 5.54.